The fourth-order valence-electron chi connectivity index (χ4n) is 3.39. The smallest absolute Gasteiger partial charge is 0.191 e. The zero-order valence-corrected chi connectivity index (χ0v) is 16.3. The molecule has 0 bridgehead atoms. The Labute approximate surface area is 161 Å². The minimum atomic E-state index is 0.291. The van der Waals surface area contributed by atoms with Gasteiger partial charge in [-0.3, -0.25) is 4.99 Å². The molecule has 1 saturated carbocycles. The molecule has 1 heterocycles. The number of hydrogen-bond donors (Lipinski definition) is 2. The lowest BCUT2D eigenvalue weighted by atomic mass is 10.1. The first-order chi connectivity index (χ1) is 13.3. The first-order valence-electron chi connectivity index (χ1n) is 9.68. The Morgan fingerprint density at radius 3 is 2.63 bits per heavy atom. The van der Waals surface area contributed by atoms with Gasteiger partial charge in [0, 0.05) is 44.6 Å². The average molecular weight is 370 g/mol. The third-order valence-corrected chi connectivity index (χ3v) is 4.87. The largest absolute Gasteiger partial charge is 0.493 e. The number of benzene rings is 1. The Kier molecular flexibility index (Phi) is 7.02. The molecular weight excluding hydrogens is 340 g/mol. The maximum absolute atomic E-state index is 6.30. The number of rotatable bonds is 8. The van der Waals surface area contributed by atoms with E-state index in [1.165, 1.54) is 12.8 Å². The van der Waals surface area contributed by atoms with Crippen molar-refractivity contribution in [2.45, 2.75) is 44.9 Å². The molecule has 6 heteroatoms. The van der Waals surface area contributed by atoms with Gasteiger partial charge in [0.2, 0.25) is 0 Å². The third-order valence-electron chi connectivity index (χ3n) is 4.87. The zero-order chi connectivity index (χ0) is 18.9. The van der Waals surface area contributed by atoms with Crippen molar-refractivity contribution in [1.29, 1.82) is 0 Å². The summed E-state index contributed by atoms with van der Waals surface area (Å²) in [5, 5.41) is 6.72. The van der Waals surface area contributed by atoms with Gasteiger partial charge in [0.25, 0.3) is 0 Å². The number of nitrogens with zero attached hydrogens (tertiary/aromatic N) is 2. The van der Waals surface area contributed by atoms with Crippen molar-refractivity contribution < 1.29 is 9.47 Å². The Balaban J connectivity index is 1.58. The van der Waals surface area contributed by atoms with Gasteiger partial charge in [0.05, 0.1) is 13.2 Å². The van der Waals surface area contributed by atoms with Crippen molar-refractivity contribution >= 4 is 5.96 Å². The van der Waals surface area contributed by atoms with Crippen LogP contribution in [0, 0.1) is 0 Å². The van der Waals surface area contributed by atoms with E-state index < -0.39 is 0 Å². The molecule has 0 atom stereocenters. The van der Waals surface area contributed by atoms with Crippen molar-refractivity contribution in [3.05, 3.63) is 48.3 Å². The van der Waals surface area contributed by atoms with Crippen LogP contribution in [0.25, 0.3) is 0 Å². The summed E-state index contributed by atoms with van der Waals surface area (Å²) in [5.41, 5.74) is 1.08. The van der Waals surface area contributed by atoms with Crippen LogP contribution in [0.4, 0.5) is 0 Å². The zero-order valence-electron chi connectivity index (χ0n) is 16.3. The molecule has 0 saturated heterocycles. The van der Waals surface area contributed by atoms with Gasteiger partial charge < -0.3 is 24.7 Å². The number of nitrogens with one attached hydrogen (secondary N) is 2. The molecule has 27 heavy (non-hydrogen) atoms. The molecule has 0 radical (unpaired) electrons. The Bertz CT molecular complexity index is 722. The fraction of sp³-hybridized carbons (Fsp3) is 0.476. The maximum atomic E-state index is 6.30. The van der Waals surface area contributed by atoms with Crippen LogP contribution in [0.3, 0.4) is 0 Å². The second-order valence-electron chi connectivity index (χ2n) is 6.75. The summed E-state index contributed by atoms with van der Waals surface area (Å²) >= 11 is 0. The molecule has 0 aliphatic heterocycles. The second kappa shape index (κ2) is 9.90. The Morgan fingerprint density at radius 1 is 1.15 bits per heavy atom. The molecule has 0 spiro atoms. The fourth-order valence-corrected chi connectivity index (χ4v) is 3.39. The molecule has 3 rings (SSSR count). The minimum Gasteiger partial charge on any atom is -0.493 e. The molecule has 1 aromatic carbocycles. The SMILES string of the molecule is CN=C(NCCn1cccc1)NCc1cccc(OC)c1OC1CCCC1. The van der Waals surface area contributed by atoms with Gasteiger partial charge in [0.1, 0.15) is 0 Å². The molecule has 2 aromatic rings. The van der Waals surface area contributed by atoms with Crippen molar-refractivity contribution in [3.8, 4) is 11.5 Å². The molecule has 6 nitrogen and oxygen atoms in total. The second-order valence-corrected chi connectivity index (χ2v) is 6.75. The summed E-state index contributed by atoms with van der Waals surface area (Å²) in [4.78, 5) is 4.31. The minimum absolute atomic E-state index is 0.291. The van der Waals surface area contributed by atoms with E-state index in [9.17, 15) is 0 Å². The lowest BCUT2D eigenvalue weighted by Gasteiger charge is -2.20. The van der Waals surface area contributed by atoms with Gasteiger partial charge in [-0.2, -0.15) is 0 Å². The predicted molar refractivity (Wildman–Crippen MR) is 109 cm³/mol. The van der Waals surface area contributed by atoms with Gasteiger partial charge in [0.15, 0.2) is 17.5 Å². The average Bonchev–Trinajstić information content (AvgIpc) is 3.39. The van der Waals surface area contributed by atoms with Gasteiger partial charge in [-0.25, -0.2) is 0 Å². The van der Waals surface area contributed by atoms with E-state index in [4.69, 9.17) is 9.47 Å². The first kappa shape index (κ1) is 19.1. The van der Waals surface area contributed by atoms with Crippen molar-refractivity contribution in [1.82, 2.24) is 15.2 Å². The van der Waals surface area contributed by atoms with E-state index >= 15 is 0 Å². The highest BCUT2D eigenvalue weighted by molar-refractivity contribution is 5.79. The molecular formula is C21H30N4O2. The highest BCUT2D eigenvalue weighted by atomic mass is 16.5. The molecule has 0 amide bonds. The van der Waals surface area contributed by atoms with Crippen LogP contribution < -0.4 is 20.1 Å². The summed E-state index contributed by atoms with van der Waals surface area (Å²) in [6, 6.07) is 10.1. The summed E-state index contributed by atoms with van der Waals surface area (Å²) in [6.07, 6.45) is 9.12. The summed E-state index contributed by atoms with van der Waals surface area (Å²) in [7, 11) is 3.47. The number of guanidine groups is 1. The normalized spacial score (nSPS) is 15.0. The first-order valence-corrected chi connectivity index (χ1v) is 9.68. The topological polar surface area (TPSA) is 59.8 Å². The summed E-state index contributed by atoms with van der Waals surface area (Å²) < 4.78 is 14.0. The number of para-hydroxylation sites is 1. The molecule has 1 aliphatic carbocycles. The maximum Gasteiger partial charge on any atom is 0.191 e. The van der Waals surface area contributed by atoms with Crippen LogP contribution in [-0.2, 0) is 13.1 Å². The monoisotopic (exact) mass is 370 g/mol. The van der Waals surface area contributed by atoms with Gasteiger partial charge in [-0.05, 0) is 43.9 Å². The van der Waals surface area contributed by atoms with Crippen LogP contribution in [0.15, 0.2) is 47.7 Å². The Hall–Kier alpha value is -2.63. The van der Waals surface area contributed by atoms with E-state index in [1.807, 2.05) is 24.3 Å². The van der Waals surface area contributed by atoms with Gasteiger partial charge in [-0.15, -0.1) is 0 Å². The van der Waals surface area contributed by atoms with Crippen molar-refractivity contribution in [2.24, 2.45) is 4.99 Å². The molecule has 1 aliphatic rings. The van der Waals surface area contributed by atoms with Crippen LogP contribution in [-0.4, -0.2) is 37.3 Å². The van der Waals surface area contributed by atoms with Crippen LogP contribution in [0.2, 0.25) is 0 Å². The number of aliphatic imine (C=N–C) groups is 1. The van der Waals surface area contributed by atoms with E-state index in [1.54, 1.807) is 14.2 Å². The van der Waals surface area contributed by atoms with E-state index in [0.717, 1.165) is 49.0 Å². The quantitative estimate of drug-likeness (QED) is 0.553. The van der Waals surface area contributed by atoms with Crippen molar-refractivity contribution in [3.63, 3.8) is 0 Å². The van der Waals surface area contributed by atoms with Gasteiger partial charge >= 0.3 is 0 Å². The highest BCUT2D eigenvalue weighted by Gasteiger charge is 2.20. The molecule has 146 valence electrons. The highest BCUT2D eigenvalue weighted by Crippen LogP contribution is 2.34. The number of aromatic nitrogens is 1. The third kappa shape index (κ3) is 5.42. The summed E-state index contributed by atoms with van der Waals surface area (Å²) in [5.74, 6) is 2.41. The lowest BCUT2D eigenvalue weighted by Crippen LogP contribution is -2.38. The molecule has 1 aromatic heterocycles. The van der Waals surface area contributed by atoms with Crippen molar-refractivity contribution in [2.75, 3.05) is 20.7 Å². The number of hydrogen-bond acceptors (Lipinski definition) is 3. The van der Waals surface area contributed by atoms with Crippen LogP contribution in [0.5, 0.6) is 11.5 Å². The Morgan fingerprint density at radius 2 is 1.93 bits per heavy atom. The van der Waals surface area contributed by atoms with Crippen LogP contribution in [0.1, 0.15) is 31.2 Å². The molecule has 1 fully saturated rings. The molecule has 2 N–H and O–H groups in total. The standard InChI is InChI=1S/C21H30N4O2/c1-22-21(23-12-15-25-13-5-6-14-25)24-16-17-8-7-11-19(26-2)20(17)27-18-9-3-4-10-18/h5-8,11,13-14,18H,3-4,9-10,12,15-16H2,1-2H3,(H2,22,23,24). The van der Waals surface area contributed by atoms with E-state index in [2.05, 4.69) is 38.7 Å². The van der Waals surface area contributed by atoms with Gasteiger partial charge in [-0.1, -0.05) is 12.1 Å². The lowest BCUT2D eigenvalue weighted by molar-refractivity contribution is 0.198. The van der Waals surface area contributed by atoms with E-state index in [0.29, 0.717) is 12.6 Å². The number of ether oxygens (including phenoxy) is 2. The van der Waals surface area contributed by atoms with E-state index in [-0.39, 0.29) is 0 Å². The predicted octanol–water partition coefficient (Wildman–Crippen LogP) is 3.18. The van der Waals surface area contributed by atoms with Crippen LogP contribution >= 0.6 is 0 Å². The summed E-state index contributed by atoms with van der Waals surface area (Å²) in [6.45, 7) is 2.32. The number of methoxy groups -OCH3 is 1. The molecule has 0 unspecified atom stereocenters.